The van der Waals surface area contributed by atoms with Crippen molar-refractivity contribution >= 4 is 11.8 Å². The molecule has 0 aliphatic rings. The Morgan fingerprint density at radius 3 is 2.36 bits per heavy atom. The highest BCUT2D eigenvalue weighted by molar-refractivity contribution is 5.83. The molecule has 0 fully saturated rings. The molecule has 0 rings (SSSR count). The lowest BCUT2D eigenvalue weighted by Crippen LogP contribution is -2.07. The summed E-state index contributed by atoms with van der Waals surface area (Å²) in [7, 11) is 0. The first-order valence-corrected chi connectivity index (χ1v) is 4.89. The first-order chi connectivity index (χ1) is 6.56. The summed E-state index contributed by atoms with van der Waals surface area (Å²) in [5.74, 6) is -0.216. The lowest BCUT2D eigenvalue weighted by atomic mass is 10.2. The number of carbonyl (C=O) groups is 2. The van der Waals surface area contributed by atoms with E-state index in [2.05, 4.69) is 0 Å². The Kier molecular flexibility index (Phi) is 6.72. The van der Waals surface area contributed by atoms with E-state index in [0.717, 1.165) is 12.0 Å². The smallest absolute Gasteiger partial charge is 0.330 e. The summed E-state index contributed by atoms with van der Waals surface area (Å²) in [6.07, 6.45) is 3.17. The maximum absolute atomic E-state index is 11.0. The van der Waals surface area contributed by atoms with Crippen molar-refractivity contribution in [1.82, 2.24) is 0 Å². The Hall–Kier alpha value is -1.12. The van der Waals surface area contributed by atoms with E-state index in [-0.39, 0.29) is 18.4 Å². The number of hydrogen-bond acceptors (Lipinski definition) is 3. The summed E-state index contributed by atoms with van der Waals surface area (Å²) in [4.78, 5) is 22.0. The standard InChI is InChI=1S/C11H18O3/c1-4-5-10(12)6-7-14-11(13)8-9(2)3/h8H,4-7H2,1-3H3. The molecule has 0 heterocycles. The molecule has 0 radical (unpaired) electrons. The molecule has 0 saturated carbocycles. The molecule has 0 saturated heterocycles. The molecule has 0 spiro atoms. The first-order valence-electron chi connectivity index (χ1n) is 4.89. The molecular weight excluding hydrogens is 180 g/mol. The number of ketones is 1. The number of allylic oxidation sites excluding steroid dienone is 1. The second-order valence-electron chi connectivity index (χ2n) is 3.43. The van der Waals surface area contributed by atoms with Crippen LogP contribution in [0.1, 0.15) is 40.0 Å². The van der Waals surface area contributed by atoms with E-state index in [9.17, 15) is 9.59 Å². The van der Waals surface area contributed by atoms with Crippen LogP contribution < -0.4 is 0 Å². The zero-order chi connectivity index (χ0) is 11.0. The van der Waals surface area contributed by atoms with Crippen molar-refractivity contribution in [2.45, 2.75) is 40.0 Å². The normalized spacial score (nSPS) is 9.36. The largest absolute Gasteiger partial charge is 0.462 e. The molecule has 0 aromatic carbocycles. The molecular formula is C11H18O3. The van der Waals surface area contributed by atoms with Crippen molar-refractivity contribution in [3.8, 4) is 0 Å². The van der Waals surface area contributed by atoms with Crippen LogP contribution in [0.4, 0.5) is 0 Å². The van der Waals surface area contributed by atoms with Gasteiger partial charge < -0.3 is 4.74 Å². The Labute approximate surface area is 85.1 Å². The third-order valence-electron chi connectivity index (χ3n) is 1.56. The summed E-state index contributed by atoms with van der Waals surface area (Å²) in [5.41, 5.74) is 0.898. The predicted molar refractivity (Wildman–Crippen MR) is 54.9 cm³/mol. The number of rotatable bonds is 6. The fraction of sp³-hybridized carbons (Fsp3) is 0.636. The number of hydrogen-bond donors (Lipinski definition) is 0. The van der Waals surface area contributed by atoms with Gasteiger partial charge in [0.1, 0.15) is 5.78 Å². The summed E-state index contributed by atoms with van der Waals surface area (Å²) in [6, 6.07) is 0. The Balaban J connectivity index is 3.59. The minimum absolute atomic E-state index is 0.150. The van der Waals surface area contributed by atoms with E-state index in [4.69, 9.17) is 4.74 Å². The van der Waals surface area contributed by atoms with Gasteiger partial charge in [0.2, 0.25) is 0 Å². The molecule has 3 nitrogen and oxygen atoms in total. The summed E-state index contributed by atoms with van der Waals surface area (Å²) >= 11 is 0. The highest BCUT2D eigenvalue weighted by atomic mass is 16.5. The molecule has 0 aromatic heterocycles. The maximum atomic E-state index is 11.0. The second kappa shape index (κ2) is 7.30. The zero-order valence-electron chi connectivity index (χ0n) is 9.13. The van der Waals surface area contributed by atoms with Crippen molar-refractivity contribution in [2.24, 2.45) is 0 Å². The van der Waals surface area contributed by atoms with Crippen LogP contribution >= 0.6 is 0 Å². The molecule has 3 heteroatoms. The van der Waals surface area contributed by atoms with Gasteiger partial charge >= 0.3 is 5.97 Å². The minimum Gasteiger partial charge on any atom is -0.462 e. The van der Waals surface area contributed by atoms with E-state index >= 15 is 0 Å². The van der Waals surface area contributed by atoms with E-state index in [1.165, 1.54) is 6.08 Å². The van der Waals surface area contributed by atoms with E-state index < -0.39 is 0 Å². The zero-order valence-corrected chi connectivity index (χ0v) is 9.13. The van der Waals surface area contributed by atoms with Gasteiger partial charge in [-0.2, -0.15) is 0 Å². The van der Waals surface area contributed by atoms with Crippen LogP contribution in [0.15, 0.2) is 11.6 Å². The van der Waals surface area contributed by atoms with Gasteiger partial charge in [-0.25, -0.2) is 4.79 Å². The lowest BCUT2D eigenvalue weighted by Gasteiger charge is -2.01. The number of carbonyl (C=O) groups excluding carboxylic acids is 2. The molecule has 0 unspecified atom stereocenters. The van der Waals surface area contributed by atoms with Gasteiger partial charge in [0.05, 0.1) is 6.61 Å². The Bertz CT molecular complexity index is 225. The molecule has 0 bridgehead atoms. The van der Waals surface area contributed by atoms with Crippen LogP contribution in [0.25, 0.3) is 0 Å². The first kappa shape index (κ1) is 12.9. The van der Waals surface area contributed by atoms with Crippen molar-refractivity contribution < 1.29 is 14.3 Å². The average Bonchev–Trinajstić information content (AvgIpc) is 2.02. The van der Waals surface area contributed by atoms with E-state index in [1.54, 1.807) is 0 Å². The van der Waals surface area contributed by atoms with E-state index in [0.29, 0.717) is 12.8 Å². The fourth-order valence-electron chi connectivity index (χ4n) is 0.947. The Morgan fingerprint density at radius 2 is 1.86 bits per heavy atom. The van der Waals surface area contributed by atoms with Crippen molar-refractivity contribution in [2.75, 3.05) is 6.61 Å². The maximum Gasteiger partial charge on any atom is 0.330 e. The van der Waals surface area contributed by atoms with Gasteiger partial charge in [0.25, 0.3) is 0 Å². The molecule has 0 N–H and O–H groups in total. The van der Waals surface area contributed by atoms with E-state index in [1.807, 2.05) is 20.8 Å². The molecule has 0 aromatic rings. The molecule has 14 heavy (non-hydrogen) atoms. The van der Waals surface area contributed by atoms with Crippen LogP contribution in [0, 0.1) is 0 Å². The molecule has 0 amide bonds. The van der Waals surface area contributed by atoms with Gasteiger partial charge in [0, 0.05) is 18.9 Å². The summed E-state index contributed by atoms with van der Waals surface area (Å²) in [5, 5.41) is 0. The molecule has 0 atom stereocenters. The van der Waals surface area contributed by atoms with Gasteiger partial charge in [-0.05, 0) is 20.3 Å². The SMILES string of the molecule is CCCC(=O)CCOC(=O)C=C(C)C. The highest BCUT2D eigenvalue weighted by Gasteiger charge is 2.02. The van der Waals surface area contributed by atoms with Crippen LogP contribution in [-0.2, 0) is 14.3 Å². The minimum atomic E-state index is -0.366. The average molecular weight is 198 g/mol. The monoisotopic (exact) mass is 198 g/mol. The quantitative estimate of drug-likeness (QED) is 0.485. The van der Waals surface area contributed by atoms with Gasteiger partial charge in [-0.1, -0.05) is 12.5 Å². The van der Waals surface area contributed by atoms with Crippen LogP contribution in [-0.4, -0.2) is 18.4 Å². The lowest BCUT2D eigenvalue weighted by molar-refractivity contribution is -0.138. The number of esters is 1. The van der Waals surface area contributed by atoms with Gasteiger partial charge in [-0.3, -0.25) is 4.79 Å². The van der Waals surface area contributed by atoms with Crippen molar-refractivity contribution in [3.05, 3.63) is 11.6 Å². The van der Waals surface area contributed by atoms with Crippen molar-refractivity contribution in [1.29, 1.82) is 0 Å². The van der Waals surface area contributed by atoms with Gasteiger partial charge in [0.15, 0.2) is 0 Å². The van der Waals surface area contributed by atoms with Gasteiger partial charge in [-0.15, -0.1) is 0 Å². The number of ether oxygens (including phenoxy) is 1. The fourth-order valence-corrected chi connectivity index (χ4v) is 0.947. The molecule has 0 aliphatic heterocycles. The predicted octanol–water partition coefficient (Wildman–Crippen LogP) is 2.26. The number of Topliss-reactive ketones (excluding diaryl/α,β-unsaturated/α-hetero) is 1. The summed E-state index contributed by atoms with van der Waals surface area (Å²) in [6.45, 7) is 5.79. The third kappa shape index (κ3) is 7.53. The Morgan fingerprint density at radius 1 is 1.21 bits per heavy atom. The highest BCUT2D eigenvalue weighted by Crippen LogP contribution is 1.96. The molecule has 80 valence electrons. The second-order valence-corrected chi connectivity index (χ2v) is 3.43. The van der Waals surface area contributed by atoms with Crippen LogP contribution in [0.3, 0.4) is 0 Å². The van der Waals surface area contributed by atoms with Crippen molar-refractivity contribution in [3.63, 3.8) is 0 Å². The van der Waals surface area contributed by atoms with Crippen LogP contribution in [0.5, 0.6) is 0 Å². The topological polar surface area (TPSA) is 43.4 Å². The molecule has 0 aliphatic carbocycles. The summed E-state index contributed by atoms with van der Waals surface area (Å²) < 4.78 is 4.83. The van der Waals surface area contributed by atoms with Crippen LogP contribution in [0.2, 0.25) is 0 Å². The third-order valence-corrected chi connectivity index (χ3v) is 1.56.